The third kappa shape index (κ3) is 2.96. The molecule has 3 aromatic rings. The molecule has 0 saturated heterocycles. The molecule has 1 heterocycles. The molecular weight excluding hydrogens is 256 g/mol. The van der Waals surface area contributed by atoms with Crippen molar-refractivity contribution < 1.29 is 0 Å². The van der Waals surface area contributed by atoms with Crippen molar-refractivity contribution in [1.82, 2.24) is 9.88 Å². The van der Waals surface area contributed by atoms with Gasteiger partial charge in [-0.05, 0) is 37.6 Å². The van der Waals surface area contributed by atoms with Crippen LogP contribution in [0.15, 0.2) is 48.5 Å². The molecule has 0 saturated carbocycles. The Hall–Kier alpha value is -1.80. The van der Waals surface area contributed by atoms with Gasteiger partial charge in [0.1, 0.15) is 0 Å². The molecule has 0 aliphatic heterocycles. The van der Waals surface area contributed by atoms with Gasteiger partial charge in [0.2, 0.25) is 0 Å². The zero-order valence-corrected chi connectivity index (χ0v) is 13.0. The van der Waals surface area contributed by atoms with E-state index in [1.165, 1.54) is 21.8 Å². The Morgan fingerprint density at radius 1 is 0.905 bits per heavy atom. The molecule has 2 nitrogen and oxygen atoms in total. The summed E-state index contributed by atoms with van der Waals surface area (Å²) in [6.07, 6.45) is 1.16. The Labute approximate surface area is 126 Å². The Morgan fingerprint density at radius 2 is 1.48 bits per heavy atom. The highest BCUT2D eigenvalue weighted by Crippen LogP contribution is 2.28. The molecule has 0 aliphatic rings. The zero-order valence-electron chi connectivity index (χ0n) is 13.0. The van der Waals surface area contributed by atoms with Crippen LogP contribution in [-0.4, -0.2) is 17.7 Å². The van der Waals surface area contributed by atoms with E-state index in [1.54, 1.807) is 0 Å². The minimum Gasteiger partial charge on any atom is -0.340 e. The molecule has 0 aliphatic carbocycles. The molecule has 0 radical (unpaired) electrons. The Balaban J connectivity index is 1.83. The van der Waals surface area contributed by atoms with Crippen LogP contribution >= 0.6 is 0 Å². The van der Waals surface area contributed by atoms with Crippen LogP contribution in [0, 0.1) is 5.92 Å². The second-order valence-corrected chi connectivity index (χ2v) is 6.14. The van der Waals surface area contributed by atoms with Gasteiger partial charge in [0, 0.05) is 28.4 Å². The molecule has 0 fully saturated rings. The predicted molar refractivity (Wildman–Crippen MR) is 91.8 cm³/mol. The Morgan fingerprint density at radius 3 is 2.05 bits per heavy atom. The number of para-hydroxylation sites is 2. The molecule has 110 valence electrons. The van der Waals surface area contributed by atoms with Crippen LogP contribution in [0.3, 0.4) is 0 Å². The summed E-state index contributed by atoms with van der Waals surface area (Å²) < 4.78 is 2.46. The van der Waals surface area contributed by atoms with Crippen molar-refractivity contribution >= 4 is 21.8 Å². The lowest BCUT2D eigenvalue weighted by Crippen LogP contribution is -2.21. The van der Waals surface area contributed by atoms with E-state index < -0.39 is 0 Å². The first-order valence-corrected chi connectivity index (χ1v) is 7.94. The lowest BCUT2D eigenvalue weighted by atomic mass is 10.2. The zero-order chi connectivity index (χ0) is 14.7. The summed E-state index contributed by atoms with van der Waals surface area (Å²) in [5.41, 5.74) is 2.70. The first kappa shape index (κ1) is 14.2. The van der Waals surface area contributed by atoms with Gasteiger partial charge in [0.05, 0.1) is 0 Å². The lowest BCUT2D eigenvalue weighted by molar-refractivity contribution is 0.527. The molecule has 0 atom stereocenters. The highest BCUT2D eigenvalue weighted by atomic mass is 15.0. The second kappa shape index (κ2) is 6.31. The number of benzene rings is 2. The average Bonchev–Trinajstić information content (AvgIpc) is 2.81. The second-order valence-electron chi connectivity index (χ2n) is 6.14. The van der Waals surface area contributed by atoms with Gasteiger partial charge in [0.15, 0.2) is 0 Å². The molecule has 2 heteroatoms. The van der Waals surface area contributed by atoms with E-state index in [0.717, 1.165) is 32.0 Å². The van der Waals surface area contributed by atoms with Crippen molar-refractivity contribution in [2.45, 2.75) is 26.8 Å². The highest BCUT2D eigenvalue weighted by Gasteiger charge is 2.08. The van der Waals surface area contributed by atoms with Gasteiger partial charge in [-0.25, -0.2) is 0 Å². The third-order valence-electron chi connectivity index (χ3n) is 3.97. The summed E-state index contributed by atoms with van der Waals surface area (Å²) >= 11 is 0. The molecule has 3 rings (SSSR count). The van der Waals surface area contributed by atoms with Crippen molar-refractivity contribution in [2.24, 2.45) is 5.92 Å². The van der Waals surface area contributed by atoms with Crippen molar-refractivity contribution in [2.75, 3.05) is 13.1 Å². The van der Waals surface area contributed by atoms with Crippen LogP contribution < -0.4 is 5.32 Å². The summed E-state index contributed by atoms with van der Waals surface area (Å²) in [6.45, 7) is 7.76. The SMILES string of the molecule is CC(C)CNCCCn1c2ccccc2c2ccccc21. The van der Waals surface area contributed by atoms with Crippen LogP contribution in [0.2, 0.25) is 0 Å². The van der Waals surface area contributed by atoms with Gasteiger partial charge in [-0.15, -0.1) is 0 Å². The molecule has 21 heavy (non-hydrogen) atoms. The monoisotopic (exact) mass is 280 g/mol. The fourth-order valence-corrected chi connectivity index (χ4v) is 3.00. The normalized spacial score (nSPS) is 11.8. The number of aromatic nitrogens is 1. The summed E-state index contributed by atoms with van der Waals surface area (Å²) in [4.78, 5) is 0. The minimum absolute atomic E-state index is 0.721. The highest BCUT2D eigenvalue weighted by molar-refractivity contribution is 6.07. The maximum absolute atomic E-state index is 3.53. The van der Waals surface area contributed by atoms with Gasteiger partial charge >= 0.3 is 0 Å². The Kier molecular flexibility index (Phi) is 4.26. The van der Waals surface area contributed by atoms with Crippen LogP contribution in [0.5, 0.6) is 0 Å². The van der Waals surface area contributed by atoms with Gasteiger partial charge < -0.3 is 9.88 Å². The molecule has 0 unspecified atom stereocenters. The first-order chi connectivity index (χ1) is 10.3. The van der Waals surface area contributed by atoms with Gasteiger partial charge in [0.25, 0.3) is 0 Å². The molecule has 1 aromatic heterocycles. The molecule has 0 bridgehead atoms. The van der Waals surface area contributed by atoms with E-state index in [0.29, 0.717) is 0 Å². The molecule has 0 amide bonds. The smallest absolute Gasteiger partial charge is 0.0491 e. The van der Waals surface area contributed by atoms with Crippen molar-refractivity contribution in [3.8, 4) is 0 Å². The van der Waals surface area contributed by atoms with E-state index in [4.69, 9.17) is 0 Å². The average molecular weight is 280 g/mol. The fourth-order valence-electron chi connectivity index (χ4n) is 3.00. The van der Waals surface area contributed by atoms with Crippen LogP contribution in [0.1, 0.15) is 20.3 Å². The summed E-state index contributed by atoms with van der Waals surface area (Å²) in [5.74, 6) is 0.721. The van der Waals surface area contributed by atoms with E-state index in [9.17, 15) is 0 Å². The molecule has 0 spiro atoms. The quantitative estimate of drug-likeness (QED) is 0.661. The van der Waals surface area contributed by atoms with Crippen LogP contribution in [0.4, 0.5) is 0 Å². The van der Waals surface area contributed by atoms with E-state index in [1.807, 2.05) is 0 Å². The van der Waals surface area contributed by atoms with E-state index >= 15 is 0 Å². The Bertz CT molecular complexity index is 671. The van der Waals surface area contributed by atoms with Crippen molar-refractivity contribution in [3.05, 3.63) is 48.5 Å². The number of rotatable bonds is 6. The predicted octanol–water partition coefficient (Wildman–Crippen LogP) is 4.43. The number of fused-ring (bicyclic) bond motifs is 3. The number of aryl methyl sites for hydroxylation is 1. The first-order valence-electron chi connectivity index (χ1n) is 7.94. The standard InChI is InChI=1S/C19H24N2/c1-15(2)14-20-12-7-13-21-18-10-5-3-8-16(18)17-9-4-6-11-19(17)21/h3-6,8-11,15,20H,7,12-14H2,1-2H3. The minimum atomic E-state index is 0.721. The molecule has 1 N–H and O–H groups in total. The molecular formula is C19H24N2. The largest absolute Gasteiger partial charge is 0.340 e. The van der Waals surface area contributed by atoms with Gasteiger partial charge in [-0.1, -0.05) is 50.2 Å². The number of hydrogen-bond donors (Lipinski definition) is 1. The van der Waals surface area contributed by atoms with E-state index in [-0.39, 0.29) is 0 Å². The number of nitrogens with zero attached hydrogens (tertiary/aromatic N) is 1. The van der Waals surface area contributed by atoms with Crippen LogP contribution in [0.25, 0.3) is 21.8 Å². The summed E-state index contributed by atoms with van der Waals surface area (Å²) in [7, 11) is 0. The summed E-state index contributed by atoms with van der Waals surface area (Å²) in [6, 6.07) is 17.4. The van der Waals surface area contributed by atoms with Crippen LogP contribution in [-0.2, 0) is 6.54 Å². The number of nitrogens with one attached hydrogen (secondary N) is 1. The van der Waals surface area contributed by atoms with Gasteiger partial charge in [-0.2, -0.15) is 0 Å². The van der Waals surface area contributed by atoms with Crippen molar-refractivity contribution in [1.29, 1.82) is 0 Å². The van der Waals surface area contributed by atoms with Gasteiger partial charge in [-0.3, -0.25) is 0 Å². The molecule has 2 aromatic carbocycles. The third-order valence-corrected chi connectivity index (χ3v) is 3.97. The summed E-state index contributed by atoms with van der Waals surface area (Å²) in [5, 5.41) is 6.26. The van der Waals surface area contributed by atoms with Crippen molar-refractivity contribution in [3.63, 3.8) is 0 Å². The number of hydrogen-bond acceptors (Lipinski definition) is 1. The van der Waals surface area contributed by atoms with E-state index in [2.05, 4.69) is 72.3 Å². The topological polar surface area (TPSA) is 17.0 Å². The maximum atomic E-state index is 3.53. The maximum Gasteiger partial charge on any atom is 0.0491 e. The lowest BCUT2D eigenvalue weighted by Gasteiger charge is -2.09. The fraction of sp³-hybridized carbons (Fsp3) is 0.368.